The summed E-state index contributed by atoms with van der Waals surface area (Å²) in [6, 6.07) is 7.83. The summed E-state index contributed by atoms with van der Waals surface area (Å²) in [6.07, 6.45) is 1.28. The Balaban J connectivity index is 1.88. The Bertz CT molecular complexity index is 962. The van der Waals surface area contributed by atoms with Crippen LogP contribution in [0.3, 0.4) is 0 Å². The fraction of sp³-hybridized carbons (Fsp3) is 0.211. The molecule has 0 saturated heterocycles. The van der Waals surface area contributed by atoms with Crippen molar-refractivity contribution >= 4 is 46.5 Å². The molecule has 2 aromatic rings. The van der Waals surface area contributed by atoms with Crippen molar-refractivity contribution in [1.29, 1.82) is 0 Å². The van der Waals surface area contributed by atoms with Crippen LogP contribution in [0, 0.1) is 0 Å². The molecule has 0 saturated carbocycles. The number of methoxy groups -OCH3 is 2. The van der Waals surface area contributed by atoms with Gasteiger partial charge >= 0.3 is 11.8 Å². The first kappa shape index (κ1) is 22.6. The van der Waals surface area contributed by atoms with E-state index in [1.807, 2.05) is 0 Å². The maximum Gasteiger partial charge on any atom is 0.329 e. The van der Waals surface area contributed by atoms with E-state index in [1.54, 1.807) is 24.3 Å². The summed E-state index contributed by atoms with van der Waals surface area (Å²) in [7, 11) is 2.91. The van der Waals surface area contributed by atoms with Gasteiger partial charge in [-0.1, -0.05) is 11.6 Å². The molecule has 0 radical (unpaired) electrons. The highest BCUT2D eigenvalue weighted by Gasteiger charge is 2.16. The molecule has 10 nitrogen and oxygen atoms in total. The van der Waals surface area contributed by atoms with Gasteiger partial charge < -0.3 is 20.1 Å². The van der Waals surface area contributed by atoms with Gasteiger partial charge in [-0.15, -0.1) is 0 Å². The lowest BCUT2D eigenvalue weighted by molar-refractivity contribution is -0.136. The Morgan fingerprint density at radius 2 is 1.83 bits per heavy atom. The molecule has 0 unspecified atom stereocenters. The van der Waals surface area contributed by atoms with E-state index in [4.69, 9.17) is 21.1 Å². The fourth-order valence-corrected chi connectivity index (χ4v) is 2.30. The van der Waals surface area contributed by atoms with Crippen LogP contribution in [0.5, 0.6) is 11.5 Å². The Hall–Kier alpha value is -3.66. The average molecular weight is 434 g/mol. The van der Waals surface area contributed by atoms with Gasteiger partial charge in [-0.25, -0.2) is 10.4 Å². The monoisotopic (exact) mass is 433 g/mol. The number of carbonyl (C=O) groups is 3. The third-order valence-corrected chi connectivity index (χ3v) is 3.85. The number of anilines is 2. The maximum atomic E-state index is 12.1. The largest absolute Gasteiger partial charge is 0.497 e. The Kier molecular flexibility index (Phi) is 8.12. The second-order valence-corrected chi connectivity index (χ2v) is 6.33. The topological polar surface area (TPSA) is 131 Å². The van der Waals surface area contributed by atoms with Crippen LogP contribution in [0.2, 0.25) is 5.02 Å². The molecule has 0 aliphatic rings. The minimum Gasteiger partial charge on any atom is -0.497 e. The van der Waals surface area contributed by atoms with Gasteiger partial charge in [0.1, 0.15) is 17.3 Å². The molecule has 0 atom stereocenters. The number of nitrogens with zero attached hydrogens (tertiary/aromatic N) is 2. The number of aromatic nitrogens is 1. The second-order valence-electron chi connectivity index (χ2n) is 5.89. The number of benzene rings is 1. The fourth-order valence-electron chi connectivity index (χ4n) is 2.19. The third kappa shape index (κ3) is 6.74. The molecule has 1 aromatic carbocycles. The van der Waals surface area contributed by atoms with E-state index in [-0.39, 0.29) is 17.8 Å². The van der Waals surface area contributed by atoms with Crippen LogP contribution in [-0.2, 0) is 14.4 Å². The van der Waals surface area contributed by atoms with Crippen LogP contribution in [-0.4, -0.2) is 42.6 Å². The van der Waals surface area contributed by atoms with E-state index >= 15 is 0 Å². The molecule has 3 amide bonds. The molecule has 30 heavy (non-hydrogen) atoms. The number of halogens is 1. The predicted octanol–water partition coefficient (Wildman–Crippen LogP) is 2.21. The number of rotatable bonds is 7. The molecule has 0 aliphatic carbocycles. The summed E-state index contributed by atoms with van der Waals surface area (Å²) >= 11 is 5.73. The van der Waals surface area contributed by atoms with Crippen molar-refractivity contribution in [2.24, 2.45) is 5.10 Å². The molecular formula is C19H20ClN5O5. The quantitative estimate of drug-likeness (QED) is 0.348. The molecule has 0 spiro atoms. The maximum absolute atomic E-state index is 12.1. The van der Waals surface area contributed by atoms with Crippen molar-refractivity contribution in [1.82, 2.24) is 10.4 Å². The predicted molar refractivity (Wildman–Crippen MR) is 112 cm³/mol. The lowest BCUT2D eigenvalue weighted by atomic mass is 10.2. The highest BCUT2D eigenvalue weighted by Crippen LogP contribution is 2.28. The number of pyridine rings is 1. The number of hydrogen-bond donors (Lipinski definition) is 3. The van der Waals surface area contributed by atoms with E-state index in [1.165, 1.54) is 33.4 Å². The van der Waals surface area contributed by atoms with Crippen LogP contribution >= 0.6 is 11.6 Å². The van der Waals surface area contributed by atoms with E-state index < -0.39 is 17.7 Å². The Labute approximate surface area is 177 Å². The summed E-state index contributed by atoms with van der Waals surface area (Å²) in [5, 5.41) is 9.17. The smallest absolute Gasteiger partial charge is 0.329 e. The van der Waals surface area contributed by atoms with Gasteiger partial charge in [0.15, 0.2) is 0 Å². The molecule has 11 heteroatoms. The van der Waals surface area contributed by atoms with E-state index in [9.17, 15) is 14.4 Å². The van der Waals surface area contributed by atoms with Crippen molar-refractivity contribution in [2.75, 3.05) is 24.9 Å². The van der Waals surface area contributed by atoms with Crippen LogP contribution in [0.4, 0.5) is 11.5 Å². The van der Waals surface area contributed by atoms with Crippen molar-refractivity contribution in [3.63, 3.8) is 0 Å². The standard InChI is InChI=1S/C19H20ClN5O5/c1-11(8-17(26)23-16-7-4-12(20)10-21-16)24-25-19(28)18(27)22-14-6-5-13(29-2)9-15(14)30-3/h4-7,9-10H,8H2,1-3H3,(H,22,27)(H,25,28)(H,21,23,26)/b24-11+. The number of ether oxygens (including phenoxy) is 2. The Morgan fingerprint density at radius 3 is 2.47 bits per heavy atom. The zero-order chi connectivity index (χ0) is 22.1. The molecule has 2 rings (SSSR count). The normalized spacial score (nSPS) is 10.7. The molecular weight excluding hydrogens is 414 g/mol. The first-order valence-electron chi connectivity index (χ1n) is 8.60. The number of amides is 3. The summed E-state index contributed by atoms with van der Waals surface area (Å²) in [6.45, 7) is 1.53. The number of hydrazone groups is 1. The van der Waals surface area contributed by atoms with E-state index in [0.717, 1.165) is 0 Å². The zero-order valence-electron chi connectivity index (χ0n) is 16.5. The molecule has 0 bridgehead atoms. The van der Waals surface area contributed by atoms with Crippen molar-refractivity contribution < 1.29 is 23.9 Å². The first-order chi connectivity index (χ1) is 14.3. The third-order valence-electron chi connectivity index (χ3n) is 3.62. The highest BCUT2D eigenvalue weighted by molar-refractivity contribution is 6.39. The number of carbonyl (C=O) groups excluding carboxylic acids is 3. The van der Waals surface area contributed by atoms with Gasteiger partial charge in [-0.2, -0.15) is 5.10 Å². The summed E-state index contributed by atoms with van der Waals surface area (Å²) in [4.78, 5) is 39.9. The van der Waals surface area contributed by atoms with Gasteiger partial charge in [0, 0.05) is 18.0 Å². The lowest BCUT2D eigenvalue weighted by Gasteiger charge is -2.11. The molecule has 3 N–H and O–H groups in total. The van der Waals surface area contributed by atoms with Crippen LogP contribution in [0.15, 0.2) is 41.6 Å². The van der Waals surface area contributed by atoms with E-state index in [2.05, 4.69) is 26.1 Å². The molecule has 0 fully saturated rings. The van der Waals surface area contributed by atoms with Gasteiger partial charge in [0.2, 0.25) is 5.91 Å². The summed E-state index contributed by atoms with van der Waals surface area (Å²) in [5.41, 5.74) is 2.67. The van der Waals surface area contributed by atoms with Gasteiger partial charge in [0.05, 0.1) is 31.4 Å². The molecule has 1 aromatic heterocycles. The van der Waals surface area contributed by atoms with Crippen molar-refractivity contribution in [3.8, 4) is 11.5 Å². The molecule has 158 valence electrons. The number of hydrogen-bond acceptors (Lipinski definition) is 7. The Morgan fingerprint density at radius 1 is 1.07 bits per heavy atom. The van der Waals surface area contributed by atoms with Gasteiger partial charge in [-0.05, 0) is 31.2 Å². The van der Waals surface area contributed by atoms with Crippen molar-refractivity contribution in [2.45, 2.75) is 13.3 Å². The zero-order valence-corrected chi connectivity index (χ0v) is 17.2. The highest BCUT2D eigenvalue weighted by atomic mass is 35.5. The van der Waals surface area contributed by atoms with Crippen LogP contribution in [0.25, 0.3) is 0 Å². The van der Waals surface area contributed by atoms with Gasteiger partial charge in [0.25, 0.3) is 0 Å². The first-order valence-corrected chi connectivity index (χ1v) is 8.98. The minimum absolute atomic E-state index is 0.113. The summed E-state index contributed by atoms with van der Waals surface area (Å²) in [5.74, 6) is -1.18. The van der Waals surface area contributed by atoms with Crippen LogP contribution < -0.4 is 25.5 Å². The molecule has 0 aliphatic heterocycles. The lowest BCUT2D eigenvalue weighted by Crippen LogP contribution is -2.33. The number of nitrogens with one attached hydrogen (secondary N) is 3. The minimum atomic E-state index is -1.01. The van der Waals surface area contributed by atoms with Crippen LogP contribution in [0.1, 0.15) is 13.3 Å². The SMILES string of the molecule is COc1ccc(NC(=O)C(=O)N/N=C(\C)CC(=O)Nc2ccc(Cl)cn2)c(OC)c1. The van der Waals surface area contributed by atoms with E-state index in [0.29, 0.717) is 22.3 Å². The summed E-state index contributed by atoms with van der Waals surface area (Å²) < 4.78 is 10.2. The molecule has 1 heterocycles. The average Bonchev–Trinajstić information content (AvgIpc) is 2.73. The second kappa shape index (κ2) is 10.8. The van der Waals surface area contributed by atoms with Gasteiger partial charge in [-0.3, -0.25) is 14.4 Å². The van der Waals surface area contributed by atoms with Crippen molar-refractivity contribution in [3.05, 3.63) is 41.6 Å².